The molecule has 2 aromatic carbocycles. The van der Waals surface area contributed by atoms with Crippen molar-refractivity contribution in [2.24, 2.45) is 0 Å². The molecule has 4 heteroatoms. The molecule has 3 aromatic rings. The molecule has 0 saturated heterocycles. The van der Waals surface area contributed by atoms with Crippen molar-refractivity contribution in [1.29, 1.82) is 0 Å². The van der Waals surface area contributed by atoms with Crippen LogP contribution in [0.25, 0.3) is 17.8 Å². The topological polar surface area (TPSA) is 41.0 Å². The maximum absolute atomic E-state index is 13.2. The van der Waals surface area contributed by atoms with Crippen LogP contribution in [0.4, 0.5) is 5.69 Å². The summed E-state index contributed by atoms with van der Waals surface area (Å²) in [6, 6.07) is 18.2. The number of aromatic nitrogens is 2. The number of aromatic amines is 1. The largest absolute Gasteiger partial charge is 0.372 e. The average molecular weight is 404 g/mol. The number of hydrogen-bond acceptors (Lipinski definition) is 2. The highest BCUT2D eigenvalue weighted by molar-refractivity contribution is 5.56. The Hall–Kier alpha value is -3.01. The van der Waals surface area contributed by atoms with Gasteiger partial charge in [0.2, 0.25) is 0 Å². The number of anilines is 1. The Kier molecular flexibility index (Phi) is 7.72. The summed E-state index contributed by atoms with van der Waals surface area (Å²) in [4.78, 5) is 15.5. The van der Waals surface area contributed by atoms with Crippen LogP contribution in [0.5, 0.6) is 0 Å². The number of rotatable bonds is 9. The van der Waals surface area contributed by atoms with Crippen LogP contribution in [-0.2, 0) is 0 Å². The van der Waals surface area contributed by atoms with Gasteiger partial charge >= 0.3 is 0 Å². The monoisotopic (exact) mass is 403 g/mol. The molecule has 0 spiro atoms. The molecule has 0 aliphatic heterocycles. The van der Waals surface area contributed by atoms with E-state index in [1.165, 1.54) is 18.5 Å². The normalized spacial score (nSPS) is 12.5. The molecule has 30 heavy (non-hydrogen) atoms. The number of nitrogens with one attached hydrogen (secondary N) is 1. The third-order valence-corrected chi connectivity index (χ3v) is 5.46. The third-order valence-electron chi connectivity index (χ3n) is 5.46. The van der Waals surface area contributed by atoms with E-state index >= 15 is 0 Å². The Morgan fingerprint density at radius 3 is 2.27 bits per heavy atom. The van der Waals surface area contributed by atoms with Crippen molar-refractivity contribution in [1.82, 2.24) is 9.78 Å². The van der Waals surface area contributed by atoms with Gasteiger partial charge in [0.15, 0.2) is 0 Å². The molecule has 0 atom stereocenters. The number of H-pyrrole nitrogens is 1. The summed E-state index contributed by atoms with van der Waals surface area (Å²) in [6.07, 6.45) is 8.64. The van der Waals surface area contributed by atoms with Gasteiger partial charge in [-0.15, -0.1) is 0 Å². The van der Waals surface area contributed by atoms with Gasteiger partial charge in [-0.25, -0.2) is 4.68 Å². The van der Waals surface area contributed by atoms with E-state index in [2.05, 4.69) is 61.1 Å². The SMILES string of the molecule is CCCCCC=c1[nH]n(-c2ccccc2)c(=O)c1=Cc1ccc(N(CC)CC)cc1. The quantitative estimate of drug-likeness (QED) is 0.544. The molecular weight excluding hydrogens is 370 g/mol. The molecule has 1 N–H and O–H groups in total. The number of nitrogens with zero attached hydrogens (tertiary/aromatic N) is 2. The number of benzene rings is 2. The fraction of sp³-hybridized carbons (Fsp3) is 0.346. The zero-order valence-corrected chi connectivity index (χ0v) is 18.4. The maximum atomic E-state index is 13.2. The molecule has 1 heterocycles. The molecular formula is C26H33N3O. The van der Waals surface area contributed by atoms with Crippen LogP contribution >= 0.6 is 0 Å². The first kappa shape index (κ1) is 21.7. The molecule has 3 rings (SSSR count). The minimum atomic E-state index is -0.0178. The predicted octanol–water partition coefficient (Wildman–Crippen LogP) is 4.20. The minimum absolute atomic E-state index is 0.0178. The van der Waals surface area contributed by atoms with Crippen LogP contribution in [0.15, 0.2) is 59.4 Å². The van der Waals surface area contributed by atoms with Crippen molar-refractivity contribution >= 4 is 17.8 Å². The highest BCUT2D eigenvalue weighted by Crippen LogP contribution is 2.15. The molecule has 4 nitrogen and oxygen atoms in total. The van der Waals surface area contributed by atoms with Crippen molar-refractivity contribution in [2.45, 2.75) is 46.5 Å². The summed E-state index contributed by atoms with van der Waals surface area (Å²) in [7, 11) is 0. The second kappa shape index (κ2) is 10.7. The molecule has 0 aliphatic rings. The van der Waals surface area contributed by atoms with E-state index in [1.807, 2.05) is 36.4 Å². The fourth-order valence-electron chi connectivity index (χ4n) is 3.70. The van der Waals surface area contributed by atoms with Crippen molar-refractivity contribution in [3.8, 4) is 5.69 Å². The van der Waals surface area contributed by atoms with E-state index in [9.17, 15) is 4.79 Å². The van der Waals surface area contributed by atoms with Gasteiger partial charge in [-0.1, -0.05) is 56.2 Å². The van der Waals surface area contributed by atoms with Crippen LogP contribution in [-0.4, -0.2) is 22.9 Å². The van der Waals surface area contributed by atoms with Crippen molar-refractivity contribution in [3.63, 3.8) is 0 Å². The fourth-order valence-corrected chi connectivity index (χ4v) is 3.70. The van der Waals surface area contributed by atoms with Gasteiger partial charge in [-0.2, -0.15) is 0 Å². The van der Waals surface area contributed by atoms with E-state index < -0.39 is 0 Å². The van der Waals surface area contributed by atoms with Crippen LogP contribution in [0, 0.1) is 0 Å². The molecule has 158 valence electrons. The second-order valence-electron chi connectivity index (χ2n) is 7.52. The molecule has 1 aromatic heterocycles. The third kappa shape index (κ3) is 5.12. The number of para-hydroxylation sites is 1. The van der Waals surface area contributed by atoms with Gasteiger partial charge in [-0.3, -0.25) is 9.89 Å². The Balaban J connectivity index is 2.05. The highest BCUT2D eigenvalue weighted by Gasteiger charge is 2.06. The smallest absolute Gasteiger partial charge is 0.279 e. The molecule has 0 bridgehead atoms. The van der Waals surface area contributed by atoms with E-state index in [1.54, 1.807) is 4.68 Å². The molecule has 0 fully saturated rings. The Bertz CT molecular complexity index is 1090. The lowest BCUT2D eigenvalue weighted by Crippen LogP contribution is -2.34. The van der Waals surface area contributed by atoms with Crippen molar-refractivity contribution in [2.75, 3.05) is 18.0 Å². The lowest BCUT2D eigenvalue weighted by atomic mass is 10.1. The second-order valence-corrected chi connectivity index (χ2v) is 7.52. The molecule has 0 saturated carbocycles. The first-order valence-corrected chi connectivity index (χ1v) is 11.1. The summed E-state index contributed by atoms with van der Waals surface area (Å²) in [5, 5.41) is 4.93. The van der Waals surface area contributed by atoms with Gasteiger partial charge in [-0.05, 0) is 62.6 Å². The summed E-state index contributed by atoms with van der Waals surface area (Å²) in [5.41, 5.74) is 3.07. The summed E-state index contributed by atoms with van der Waals surface area (Å²) >= 11 is 0. The van der Waals surface area contributed by atoms with E-state index in [0.717, 1.165) is 42.5 Å². The van der Waals surface area contributed by atoms with E-state index in [0.29, 0.717) is 5.22 Å². The number of unbranched alkanes of at least 4 members (excludes halogenated alkanes) is 3. The van der Waals surface area contributed by atoms with Crippen molar-refractivity contribution in [3.05, 3.63) is 81.1 Å². The maximum Gasteiger partial charge on any atom is 0.279 e. The zero-order valence-electron chi connectivity index (χ0n) is 18.4. The summed E-state index contributed by atoms with van der Waals surface area (Å²) in [6.45, 7) is 8.49. The van der Waals surface area contributed by atoms with Crippen molar-refractivity contribution < 1.29 is 0 Å². The lowest BCUT2D eigenvalue weighted by Gasteiger charge is -2.20. The van der Waals surface area contributed by atoms with Crippen LogP contribution in [0.2, 0.25) is 0 Å². The van der Waals surface area contributed by atoms with Crippen LogP contribution in [0.1, 0.15) is 52.0 Å². The van der Waals surface area contributed by atoms with Gasteiger partial charge in [0.1, 0.15) is 0 Å². The minimum Gasteiger partial charge on any atom is -0.372 e. The first-order chi connectivity index (χ1) is 14.7. The van der Waals surface area contributed by atoms with E-state index in [4.69, 9.17) is 0 Å². The average Bonchev–Trinajstić information content (AvgIpc) is 3.09. The Labute approximate surface area is 179 Å². The highest BCUT2D eigenvalue weighted by atomic mass is 16.1. The van der Waals surface area contributed by atoms with Gasteiger partial charge < -0.3 is 4.90 Å². The summed E-state index contributed by atoms with van der Waals surface area (Å²) < 4.78 is 1.64. The number of hydrogen-bond donors (Lipinski definition) is 1. The predicted molar refractivity (Wildman–Crippen MR) is 128 cm³/mol. The standard InChI is InChI=1S/C26H33N3O/c1-4-7-8-12-15-25-24(26(30)29(27-25)23-13-10-9-11-14-23)20-21-16-18-22(19-17-21)28(5-2)6-3/h9-11,13-20,27H,4-8,12H2,1-3H3. The molecule has 0 unspecified atom stereocenters. The molecule has 0 radical (unpaired) electrons. The van der Waals surface area contributed by atoms with E-state index in [-0.39, 0.29) is 5.56 Å². The Morgan fingerprint density at radius 1 is 0.933 bits per heavy atom. The van der Waals surface area contributed by atoms with Gasteiger partial charge in [0.05, 0.1) is 16.3 Å². The van der Waals surface area contributed by atoms with Gasteiger partial charge in [0.25, 0.3) is 5.56 Å². The van der Waals surface area contributed by atoms with Crippen LogP contribution in [0.3, 0.4) is 0 Å². The zero-order chi connectivity index (χ0) is 21.3. The Morgan fingerprint density at radius 2 is 1.63 bits per heavy atom. The summed E-state index contributed by atoms with van der Waals surface area (Å²) in [5.74, 6) is 0. The van der Waals surface area contributed by atoms with Gasteiger partial charge in [0, 0.05) is 18.8 Å². The first-order valence-electron chi connectivity index (χ1n) is 11.1. The lowest BCUT2D eigenvalue weighted by molar-refractivity contribution is 0.739. The van der Waals surface area contributed by atoms with Crippen LogP contribution < -0.4 is 21.0 Å². The molecule has 0 aliphatic carbocycles. The molecule has 0 amide bonds.